The summed E-state index contributed by atoms with van der Waals surface area (Å²) in [6, 6.07) is 18.2. The summed E-state index contributed by atoms with van der Waals surface area (Å²) < 4.78 is 39.3. The molecule has 218 valence electrons. The van der Waals surface area contributed by atoms with E-state index in [9.17, 15) is 23.1 Å². The molecule has 1 aromatic carbocycles. The van der Waals surface area contributed by atoms with Crippen LogP contribution in [0.15, 0.2) is 85.3 Å². The number of carbonyl (C=O) groups is 1. The Kier molecular flexibility index (Phi) is 7.26. The quantitative estimate of drug-likeness (QED) is 0.251. The van der Waals surface area contributed by atoms with Crippen molar-refractivity contribution in [2.75, 3.05) is 18.4 Å². The highest BCUT2D eigenvalue weighted by molar-refractivity contribution is 5.97. The van der Waals surface area contributed by atoms with Gasteiger partial charge >= 0.3 is 6.18 Å². The number of carbonyl (C=O) groups excluding carboxylic acids is 1. The first-order valence-electron chi connectivity index (χ1n) is 13.7. The molecule has 1 aliphatic rings. The van der Waals surface area contributed by atoms with Gasteiger partial charge in [-0.05, 0) is 79.9 Å². The summed E-state index contributed by atoms with van der Waals surface area (Å²) in [7, 11) is 0. The number of piperidine rings is 1. The molecular weight excluding hydrogens is 557 g/mol. The van der Waals surface area contributed by atoms with Gasteiger partial charge in [-0.1, -0.05) is 12.1 Å². The van der Waals surface area contributed by atoms with Crippen LogP contribution in [0.3, 0.4) is 0 Å². The molecule has 1 amide bonds. The lowest BCUT2D eigenvalue weighted by atomic mass is 9.87. The molecular formula is C32H27F3N6O2. The first-order chi connectivity index (χ1) is 20.6. The Balaban J connectivity index is 1.14. The Morgan fingerprint density at radius 1 is 0.930 bits per heavy atom. The minimum Gasteiger partial charge on any atom is -0.383 e. The number of amides is 1. The smallest absolute Gasteiger partial charge is 0.383 e. The lowest BCUT2D eigenvalue weighted by molar-refractivity contribution is -0.137. The molecule has 0 aliphatic carbocycles. The van der Waals surface area contributed by atoms with Crippen LogP contribution in [0.5, 0.6) is 0 Å². The van der Waals surface area contributed by atoms with Crippen molar-refractivity contribution in [3.63, 3.8) is 0 Å². The molecule has 11 heteroatoms. The average Bonchev–Trinajstić information content (AvgIpc) is 3.00. The van der Waals surface area contributed by atoms with Crippen LogP contribution < -0.4 is 5.32 Å². The van der Waals surface area contributed by atoms with E-state index in [0.717, 1.165) is 34.8 Å². The predicted octanol–water partition coefficient (Wildman–Crippen LogP) is 6.28. The number of hydrogen-bond donors (Lipinski definition) is 2. The van der Waals surface area contributed by atoms with E-state index in [1.807, 2.05) is 31.2 Å². The predicted molar refractivity (Wildman–Crippen MR) is 156 cm³/mol. The summed E-state index contributed by atoms with van der Waals surface area (Å²) in [6.45, 7) is 2.60. The van der Waals surface area contributed by atoms with Crippen LogP contribution in [0.2, 0.25) is 0 Å². The van der Waals surface area contributed by atoms with Crippen molar-refractivity contribution < 1.29 is 23.1 Å². The Labute approximate surface area is 245 Å². The van der Waals surface area contributed by atoms with Crippen LogP contribution in [0.4, 0.5) is 24.8 Å². The lowest BCUT2D eigenvalue weighted by Crippen LogP contribution is -2.45. The van der Waals surface area contributed by atoms with Crippen molar-refractivity contribution in [3.8, 4) is 11.3 Å². The molecule has 1 fully saturated rings. The van der Waals surface area contributed by atoms with Crippen molar-refractivity contribution in [3.05, 3.63) is 108 Å². The number of likely N-dealkylation sites (tertiary alicyclic amines) is 1. The fourth-order valence-corrected chi connectivity index (χ4v) is 5.22. The second-order valence-electron chi connectivity index (χ2n) is 10.6. The van der Waals surface area contributed by atoms with Crippen molar-refractivity contribution in [2.24, 2.45) is 0 Å². The molecule has 8 nitrogen and oxygen atoms in total. The number of nitrogens with one attached hydrogen (secondary N) is 1. The summed E-state index contributed by atoms with van der Waals surface area (Å²) in [5.41, 5.74) is 1.88. The minimum atomic E-state index is -4.48. The van der Waals surface area contributed by atoms with E-state index in [-0.39, 0.29) is 11.7 Å². The van der Waals surface area contributed by atoms with Gasteiger partial charge in [-0.3, -0.25) is 14.8 Å². The van der Waals surface area contributed by atoms with E-state index in [1.165, 1.54) is 0 Å². The lowest BCUT2D eigenvalue weighted by Gasteiger charge is -2.38. The Bertz CT molecular complexity index is 1800. The molecule has 0 atom stereocenters. The molecule has 0 bridgehead atoms. The molecule has 0 saturated carbocycles. The standard InChI is InChI=1S/C32H27F3N6O2/c1-20-15-26(39-29(16-20)40-28-18-24(8-12-37-28)32(33,34)35)23-6-7-27(38-19-23)31(43)9-13-41(14-10-31)30(42)22-5-4-21-3-2-11-36-25(21)17-22/h2-8,11-12,15-19,43H,9-10,13-14H2,1H3,(H,37,39,40). The van der Waals surface area contributed by atoms with Crippen LogP contribution in [-0.2, 0) is 11.8 Å². The van der Waals surface area contributed by atoms with Crippen LogP contribution in [0.1, 0.15) is 40.0 Å². The van der Waals surface area contributed by atoms with Gasteiger partial charge in [0.15, 0.2) is 0 Å². The van der Waals surface area contributed by atoms with E-state index in [2.05, 4.69) is 25.3 Å². The molecule has 6 rings (SSSR count). The van der Waals surface area contributed by atoms with Crippen molar-refractivity contribution in [1.29, 1.82) is 0 Å². The molecule has 0 unspecified atom stereocenters. The highest BCUT2D eigenvalue weighted by Crippen LogP contribution is 2.34. The maximum atomic E-state index is 13.2. The van der Waals surface area contributed by atoms with Gasteiger partial charge in [-0.25, -0.2) is 9.97 Å². The maximum absolute atomic E-state index is 13.2. The maximum Gasteiger partial charge on any atom is 0.416 e. The molecule has 1 aliphatic heterocycles. The fourth-order valence-electron chi connectivity index (χ4n) is 5.22. The average molecular weight is 585 g/mol. The number of hydrogen-bond acceptors (Lipinski definition) is 7. The topological polar surface area (TPSA) is 104 Å². The van der Waals surface area contributed by atoms with Crippen molar-refractivity contribution >= 4 is 28.4 Å². The Morgan fingerprint density at radius 2 is 1.74 bits per heavy atom. The molecule has 5 heterocycles. The second-order valence-corrected chi connectivity index (χ2v) is 10.6. The highest BCUT2D eigenvalue weighted by Gasteiger charge is 2.37. The first kappa shape index (κ1) is 28.2. The van der Waals surface area contributed by atoms with Crippen LogP contribution in [0, 0.1) is 6.92 Å². The number of aryl methyl sites for hydroxylation is 1. The number of halogens is 3. The molecule has 0 radical (unpaired) electrons. The van der Waals surface area contributed by atoms with Gasteiger partial charge < -0.3 is 15.3 Å². The Morgan fingerprint density at radius 3 is 2.49 bits per heavy atom. The minimum absolute atomic E-state index is 0.0247. The molecule has 5 aromatic rings. The third-order valence-corrected chi connectivity index (χ3v) is 7.58. The number of aliphatic hydroxyl groups is 1. The van der Waals surface area contributed by atoms with E-state index in [4.69, 9.17) is 0 Å². The van der Waals surface area contributed by atoms with Crippen molar-refractivity contribution in [1.82, 2.24) is 24.8 Å². The molecule has 4 aromatic heterocycles. The second kappa shape index (κ2) is 11.1. The zero-order valence-electron chi connectivity index (χ0n) is 23.1. The summed E-state index contributed by atoms with van der Waals surface area (Å²) in [5, 5.41) is 15.2. The normalized spacial score (nSPS) is 15.0. The fraction of sp³-hybridized carbons (Fsp3) is 0.219. The number of fused-ring (bicyclic) bond motifs is 1. The van der Waals surface area contributed by atoms with Crippen LogP contribution in [-0.4, -0.2) is 48.9 Å². The number of anilines is 2. The van der Waals surface area contributed by atoms with Gasteiger partial charge in [0, 0.05) is 48.2 Å². The number of rotatable bonds is 5. The third kappa shape index (κ3) is 6.02. The van der Waals surface area contributed by atoms with Crippen molar-refractivity contribution in [2.45, 2.75) is 31.5 Å². The Hall–Kier alpha value is -4.90. The van der Waals surface area contributed by atoms with Gasteiger partial charge in [0.1, 0.15) is 17.2 Å². The van der Waals surface area contributed by atoms with E-state index < -0.39 is 17.3 Å². The van der Waals surface area contributed by atoms with Crippen LogP contribution in [0.25, 0.3) is 22.2 Å². The molecule has 43 heavy (non-hydrogen) atoms. The number of aromatic nitrogens is 4. The highest BCUT2D eigenvalue weighted by atomic mass is 19.4. The van der Waals surface area contributed by atoms with E-state index >= 15 is 0 Å². The number of alkyl halides is 3. The van der Waals surface area contributed by atoms with Gasteiger partial charge in [-0.15, -0.1) is 0 Å². The molecule has 2 N–H and O–H groups in total. The number of benzene rings is 1. The first-order valence-corrected chi connectivity index (χ1v) is 13.7. The van der Waals surface area contributed by atoms with E-state index in [0.29, 0.717) is 54.3 Å². The van der Waals surface area contributed by atoms with Gasteiger partial charge in [0.2, 0.25) is 0 Å². The largest absolute Gasteiger partial charge is 0.416 e. The molecule has 1 saturated heterocycles. The van der Waals surface area contributed by atoms with E-state index in [1.54, 1.807) is 47.6 Å². The van der Waals surface area contributed by atoms with Crippen LogP contribution >= 0.6 is 0 Å². The van der Waals surface area contributed by atoms with Gasteiger partial charge in [-0.2, -0.15) is 13.2 Å². The zero-order valence-corrected chi connectivity index (χ0v) is 23.1. The van der Waals surface area contributed by atoms with Gasteiger partial charge in [0.25, 0.3) is 5.91 Å². The summed E-state index contributed by atoms with van der Waals surface area (Å²) in [6.07, 6.45) is 0.578. The van der Waals surface area contributed by atoms with Gasteiger partial charge in [0.05, 0.1) is 22.5 Å². The summed E-state index contributed by atoms with van der Waals surface area (Å²) >= 11 is 0. The summed E-state index contributed by atoms with van der Waals surface area (Å²) in [5.74, 6) is 0.258. The number of nitrogens with zero attached hydrogens (tertiary/aromatic N) is 5. The number of pyridine rings is 4. The summed E-state index contributed by atoms with van der Waals surface area (Å²) in [4.78, 5) is 32.3. The third-order valence-electron chi connectivity index (χ3n) is 7.58. The zero-order chi connectivity index (χ0) is 30.2. The SMILES string of the molecule is Cc1cc(Nc2cc(C(F)(F)F)ccn2)nc(-c2ccc(C3(O)CCN(C(=O)c4ccc5cccnc5c4)CC3)nc2)c1. The molecule has 0 spiro atoms. The monoisotopic (exact) mass is 584 g/mol.